The highest BCUT2D eigenvalue weighted by Gasteiger charge is 2.24. The molecule has 152 valence electrons. The highest BCUT2D eigenvalue weighted by molar-refractivity contribution is 5.94. The Morgan fingerprint density at radius 1 is 1.10 bits per heavy atom. The summed E-state index contributed by atoms with van der Waals surface area (Å²) in [4.78, 5) is 19.5. The Balaban J connectivity index is 1.36. The van der Waals surface area contributed by atoms with E-state index in [0.29, 0.717) is 5.92 Å². The van der Waals surface area contributed by atoms with E-state index in [2.05, 4.69) is 34.7 Å². The number of aromatic nitrogens is 2. The molecular formula is C24H29N3O2. The van der Waals surface area contributed by atoms with Crippen LogP contribution in [0.25, 0.3) is 11.0 Å². The van der Waals surface area contributed by atoms with Crippen LogP contribution in [0.3, 0.4) is 0 Å². The van der Waals surface area contributed by atoms with E-state index in [1.165, 1.54) is 5.52 Å². The predicted octanol–water partition coefficient (Wildman–Crippen LogP) is 4.68. The zero-order valence-electron chi connectivity index (χ0n) is 17.5. The minimum Gasteiger partial charge on any atom is -0.491 e. The first kappa shape index (κ1) is 19.5. The fraction of sp³-hybridized carbons (Fsp3) is 0.417. The molecule has 5 nitrogen and oxygen atoms in total. The maximum atomic E-state index is 12.9. The number of para-hydroxylation sites is 2. The van der Waals surface area contributed by atoms with Crippen molar-refractivity contribution in [2.45, 2.75) is 46.3 Å². The molecule has 0 N–H and O–H groups in total. The van der Waals surface area contributed by atoms with Crippen LogP contribution in [0.2, 0.25) is 0 Å². The van der Waals surface area contributed by atoms with E-state index in [-0.39, 0.29) is 12.0 Å². The van der Waals surface area contributed by atoms with Crippen molar-refractivity contribution in [1.82, 2.24) is 14.5 Å². The van der Waals surface area contributed by atoms with Gasteiger partial charge in [-0.3, -0.25) is 4.79 Å². The molecule has 29 heavy (non-hydrogen) atoms. The van der Waals surface area contributed by atoms with Crippen molar-refractivity contribution in [2.24, 2.45) is 5.92 Å². The van der Waals surface area contributed by atoms with Crippen molar-refractivity contribution in [3.8, 4) is 5.75 Å². The van der Waals surface area contributed by atoms with Gasteiger partial charge in [-0.25, -0.2) is 4.98 Å². The first-order chi connectivity index (χ1) is 14.0. The number of rotatable bonds is 5. The SMILES string of the molecule is Cc1nc2ccccc2n1CC1CCN(C(=O)c2ccc(OC(C)C)cc2)CC1. The lowest BCUT2D eigenvalue weighted by Crippen LogP contribution is -2.39. The molecule has 0 atom stereocenters. The van der Waals surface area contributed by atoms with Crippen molar-refractivity contribution in [2.75, 3.05) is 13.1 Å². The second-order valence-electron chi connectivity index (χ2n) is 8.18. The molecule has 0 saturated carbocycles. The molecule has 5 heteroatoms. The maximum absolute atomic E-state index is 12.9. The van der Waals surface area contributed by atoms with Crippen molar-refractivity contribution >= 4 is 16.9 Å². The number of carbonyl (C=O) groups excluding carboxylic acids is 1. The summed E-state index contributed by atoms with van der Waals surface area (Å²) in [7, 11) is 0. The number of fused-ring (bicyclic) bond motifs is 1. The van der Waals surface area contributed by atoms with Crippen LogP contribution in [0.15, 0.2) is 48.5 Å². The number of likely N-dealkylation sites (tertiary alicyclic amines) is 1. The van der Waals surface area contributed by atoms with Gasteiger partial charge in [-0.2, -0.15) is 0 Å². The molecule has 0 bridgehead atoms. The monoisotopic (exact) mass is 391 g/mol. The summed E-state index contributed by atoms with van der Waals surface area (Å²) < 4.78 is 7.99. The normalized spacial score (nSPS) is 15.2. The summed E-state index contributed by atoms with van der Waals surface area (Å²) in [5, 5.41) is 0. The lowest BCUT2D eigenvalue weighted by atomic mass is 9.96. The summed E-state index contributed by atoms with van der Waals surface area (Å²) in [6.45, 7) is 8.65. The molecule has 0 unspecified atom stereocenters. The van der Waals surface area contributed by atoms with Crippen LogP contribution in [0, 0.1) is 12.8 Å². The lowest BCUT2D eigenvalue weighted by molar-refractivity contribution is 0.0683. The van der Waals surface area contributed by atoms with Crippen molar-refractivity contribution in [1.29, 1.82) is 0 Å². The Hall–Kier alpha value is -2.82. The molecule has 0 aliphatic carbocycles. The van der Waals surface area contributed by atoms with E-state index >= 15 is 0 Å². The molecule has 2 aromatic carbocycles. The largest absolute Gasteiger partial charge is 0.491 e. The topological polar surface area (TPSA) is 47.4 Å². The fourth-order valence-electron chi connectivity index (χ4n) is 4.13. The smallest absolute Gasteiger partial charge is 0.253 e. The average molecular weight is 392 g/mol. The van der Waals surface area contributed by atoms with Crippen molar-refractivity contribution < 1.29 is 9.53 Å². The van der Waals surface area contributed by atoms with Gasteiger partial charge in [0.15, 0.2) is 0 Å². The molecule has 3 aromatic rings. The van der Waals surface area contributed by atoms with Gasteiger partial charge in [0.2, 0.25) is 0 Å². The number of nitrogens with zero attached hydrogens (tertiary/aromatic N) is 3. The number of aryl methyl sites for hydroxylation is 1. The second kappa shape index (κ2) is 8.27. The Morgan fingerprint density at radius 2 is 1.79 bits per heavy atom. The van der Waals surface area contributed by atoms with E-state index in [9.17, 15) is 4.79 Å². The molecular weight excluding hydrogens is 362 g/mol. The molecule has 1 amide bonds. The van der Waals surface area contributed by atoms with E-state index in [1.807, 2.05) is 49.1 Å². The van der Waals surface area contributed by atoms with E-state index in [1.54, 1.807) is 0 Å². The molecule has 1 aliphatic heterocycles. The zero-order chi connectivity index (χ0) is 20.4. The minimum atomic E-state index is 0.115. The van der Waals surface area contributed by atoms with Gasteiger partial charge < -0.3 is 14.2 Å². The summed E-state index contributed by atoms with van der Waals surface area (Å²) in [5.74, 6) is 2.55. The third kappa shape index (κ3) is 4.29. The molecule has 4 rings (SSSR count). The Kier molecular flexibility index (Phi) is 5.56. The highest BCUT2D eigenvalue weighted by Crippen LogP contribution is 2.24. The fourth-order valence-corrected chi connectivity index (χ4v) is 4.13. The van der Waals surface area contributed by atoms with Gasteiger partial charge in [-0.15, -0.1) is 0 Å². The summed E-state index contributed by atoms with van der Waals surface area (Å²) in [6.07, 6.45) is 2.17. The number of ether oxygens (including phenoxy) is 1. The maximum Gasteiger partial charge on any atom is 0.253 e. The van der Waals surface area contributed by atoms with Crippen LogP contribution in [-0.4, -0.2) is 39.6 Å². The Labute approximate surface area is 172 Å². The van der Waals surface area contributed by atoms with Crippen LogP contribution >= 0.6 is 0 Å². The molecule has 1 saturated heterocycles. The predicted molar refractivity (Wildman–Crippen MR) is 115 cm³/mol. The van der Waals surface area contributed by atoms with Crippen LogP contribution < -0.4 is 4.74 Å². The van der Waals surface area contributed by atoms with Gasteiger partial charge in [-0.05, 0) is 75.9 Å². The van der Waals surface area contributed by atoms with Gasteiger partial charge in [0.25, 0.3) is 5.91 Å². The van der Waals surface area contributed by atoms with Crippen LogP contribution in [0.5, 0.6) is 5.75 Å². The highest BCUT2D eigenvalue weighted by atomic mass is 16.5. The second-order valence-corrected chi connectivity index (χ2v) is 8.18. The lowest BCUT2D eigenvalue weighted by Gasteiger charge is -2.32. The van der Waals surface area contributed by atoms with E-state index < -0.39 is 0 Å². The zero-order valence-corrected chi connectivity index (χ0v) is 17.5. The van der Waals surface area contributed by atoms with Gasteiger partial charge >= 0.3 is 0 Å². The Bertz CT molecular complexity index is 983. The average Bonchev–Trinajstić information content (AvgIpc) is 3.03. The summed E-state index contributed by atoms with van der Waals surface area (Å²) in [6, 6.07) is 15.8. The van der Waals surface area contributed by atoms with Gasteiger partial charge in [0, 0.05) is 25.2 Å². The number of hydrogen-bond acceptors (Lipinski definition) is 3. The number of hydrogen-bond donors (Lipinski definition) is 0. The standard InChI is InChI=1S/C24H29N3O2/c1-17(2)29-21-10-8-20(9-11-21)24(28)26-14-12-19(13-15-26)16-27-18(3)25-22-6-4-5-7-23(22)27/h4-11,17,19H,12-16H2,1-3H3. The number of amides is 1. The molecule has 0 radical (unpaired) electrons. The van der Waals surface area contributed by atoms with Crippen LogP contribution in [-0.2, 0) is 6.54 Å². The molecule has 1 fully saturated rings. The molecule has 0 spiro atoms. The van der Waals surface area contributed by atoms with Gasteiger partial charge in [-0.1, -0.05) is 12.1 Å². The molecule has 1 aliphatic rings. The first-order valence-corrected chi connectivity index (χ1v) is 10.5. The number of imidazole rings is 1. The first-order valence-electron chi connectivity index (χ1n) is 10.5. The van der Waals surface area contributed by atoms with E-state index in [0.717, 1.165) is 55.1 Å². The van der Waals surface area contributed by atoms with E-state index in [4.69, 9.17) is 4.74 Å². The third-order valence-corrected chi connectivity index (χ3v) is 5.66. The molecule has 1 aromatic heterocycles. The summed E-state index contributed by atoms with van der Waals surface area (Å²) in [5.41, 5.74) is 2.99. The van der Waals surface area contributed by atoms with Crippen molar-refractivity contribution in [3.05, 3.63) is 59.9 Å². The number of piperidine rings is 1. The summed E-state index contributed by atoms with van der Waals surface area (Å²) >= 11 is 0. The van der Waals surface area contributed by atoms with Gasteiger partial charge in [0.1, 0.15) is 11.6 Å². The van der Waals surface area contributed by atoms with Gasteiger partial charge in [0.05, 0.1) is 17.1 Å². The van der Waals surface area contributed by atoms with Crippen LogP contribution in [0.4, 0.5) is 0 Å². The molecule has 2 heterocycles. The minimum absolute atomic E-state index is 0.115. The number of benzene rings is 2. The number of carbonyl (C=O) groups is 1. The third-order valence-electron chi connectivity index (χ3n) is 5.66. The van der Waals surface area contributed by atoms with Crippen LogP contribution in [0.1, 0.15) is 42.9 Å². The van der Waals surface area contributed by atoms with Crippen molar-refractivity contribution in [3.63, 3.8) is 0 Å². The quantitative estimate of drug-likeness (QED) is 0.634. The Morgan fingerprint density at radius 3 is 2.48 bits per heavy atom.